The summed E-state index contributed by atoms with van der Waals surface area (Å²) in [5.74, 6) is 0.271. The van der Waals surface area contributed by atoms with Crippen molar-refractivity contribution >= 4 is 17.7 Å². The largest absolute Gasteiger partial charge is 0.478 e. The second-order valence-electron chi connectivity index (χ2n) is 5.84. The van der Waals surface area contributed by atoms with Crippen LogP contribution >= 0.6 is 0 Å². The first-order valence-electron chi connectivity index (χ1n) is 7.36. The number of benzene rings is 1. The molecule has 0 aromatic heterocycles. The maximum Gasteiger partial charge on any atom is 0.335 e. The number of nitrogens with one attached hydrogen (secondary N) is 2. The van der Waals surface area contributed by atoms with Gasteiger partial charge in [-0.3, -0.25) is 0 Å². The highest BCUT2D eigenvalue weighted by atomic mass is 16.4. The van der Waals surface area contributed by atoms with Gasteiger partial charge in [-0.05, 0) is 48.9 Å². The van der Waals surface area contributed by atoms with Crippen LogP contribution < -0.4 is 10.6 Å². The number of hydrogen-bond acceptors (Lipinski definition) is 2. The number of aromatic carboxylic acids is 1. The zero-order chi connectivity index (χ0) is 15.4. The molecule has 2 atom stereocenters. The van der Waals surface area contributed by atoms with Crippen molar-refractivity contribution < 1.29 is 14.7 Å². The van der Waals surface area contributed by atoms with Gasteiger partial charge in [0, 0.05) is 12.2 Å². The smallest absolute Gasteiger partial charge is 0.335 e. The second-order valence-corrected chi connectivity index (χ2v) is 5.84. The Morgan fingerprint density at radius 2 is 2.10 bits per heavy atom. The summed E-state index contributed by atoms with van der Waals surface area (Å²) in [5, 5.41) is 14.6. The summed E-state index contributed by atoms with van der Waals surface area (Å²) in [6.07, 6.45) is 3.66. The third-order valence-corrected chi connectivity index (χ3v) is 4.28. The Balaban J connectivity index is 1.87. The highest BCUT2D eigenvalue weighted by molar-refractivity contribution is 5.92. The summed E-state index contributed by atoms with van der Waals surface area (Å²) >= 11 is 0. The van der Waals surface area contributed by atoms with Crippen molar-refractivity contribution in [1.82, 2.24) is 5.32 Å². The molecule has 21 heavy (non-hydrogen) atoms. The first-order valence-corrected chi connectivity index (χ1v) is 7.36. The molecule has 5 nitrogen and oxygen atoms in total. The van der Waals surface area contributed by atoms with E-state index in [2.05, 4.69) is 17.6 Å². The SMILES string of the molecule is Cc1cc(NC(=O)NCC2CCCC2C)ccc1C(=O)O. The summed E-state index contributed by atoms with van der Waals surface area (Å²) in [4.78, 5) is 22.8. The minimum Gasteiger partial charge on any atom is -0.478 e. The van der Waals surface area contributed by atoms with E-state index < -0.39 is 5.97 Å². The summed E-state index contributed by atoms with van der Waals surface area (Å²) in [5.41, 5.74) is 1.49. The number of rotatable bonds is 4. The van der Waals surface area contributed by atoms with Crippen LogP contribution in [-0.2, 0) is 0 Å². The van der Waals surface area contributed by atoms with Crippen LogP contribution in [0.15, 0.2) is 18.2 Å². The molecule has 0 heterocycles. The van der Waals surface area contributed by atoms with Gasteiger partial charge in [0.2, 0.25) is 0 Å². The molecular weight excluding hydrogens is 268 g/mol. The molecule has 1 aliphatic carbocycles. The Labute approximate surface area is 124 Å². The molecule has 3 N–H and O–H groups in total. The average Bonchev–Trinajstić information content (AvgIpc) is 2.81. The highest BCUT2D eigenvalue weighted by Crippen LogP contribution is 2.30. The number of amides is 2. The van der Waals surface area contributed by atoms with Crippen LogP contribution in [0.5, 0.6) is 0 Å². The molecule has 1 aliphatic rings. The summed E-state index contributed by atoms with van der Waals surface area (Å²) < 4.78 is 0. The lowest BCUT2D eigenvalue weighted by Gasteiger charge is -2.16. The van der Waals surface area contributed by atoms with Gasteiger partial charge in [0.05, 0.1) is 5.56 Å². The highest BCUT2D eigenvalue weighted by Gasteiger charge is 2.23. The standard InChI is InChI=1S/C16H22N2O3/c1-10-4-3-5-12(10)9-17-16(21)18-13-6-7-14(15(19)20)11(2)8-13/h6-8,10,12H,3-5,9H2,1-2H3,(H,19,20)(H2,17,18,21). The molecule has 5 heteroatoms. The maximum absolute atomic E-state index is 11.9. The predicted octanol–water partition coefficient (Wildman–Crippen LogP) is 3.25. The number of aryl methyl sites for hydroxylation is 1. The van der Waals surface area contributed by atoms with E-state index in [-0.39, 0.29) is 11.6 Å². The molecule has 0 spiro atoms. The van der Waals surface area contributed by atoms with Crippen LogP contribution in [0.4, 0.5) is 10.5 Å². The normalized spacial score (nSPS) is 21.0. The van der Waals surface area contributed by atoms with Crippen molar-refractivity contribution in [2.24, 2.45) is 11.8 Å². The van der Waals surface area contributed by atoms with E-state index in [9.17, 15) is 9.59 Å². The van der Waals surface area contributed by atoms with Gasteiger partial charge in [-0.2, -0.15) is 0 Å². The quantitative estimate of drug-likeness (QED) is 0.796. The zero-order valence-corrected chi connectivity index (χ0v) is 12.5. The van der Waals surface area contributed by atoms with E-state index in [1.54, 1.807) is 19.1 Å². The van der Waals surface area contributed by atoms with Gasteiger partial charge >= 0.3 is 12.0 Å². The van der Waals surface area contributed by atoms with E-state index in [1.165, 1.54) is 25.3 Å². The molecule has 2 amide bonds. The minimum atomic E-state index is -0.960. The van der Waals surface area contributed by atoms with Crippen LogP contribution in [0.1, 0.15) is 42.1 Å². The van der Waals surface area contributed by atoms with Gasteiger partial charge in [-0.15, -0.1) is 0 Å². The Morgan fingerprint density at radius 1 is 1.33 bits per heavy atom. The molecule has 1 fully saturated rings. The van der Waals surface area contributed by atoms with E-state index in [4.69, 9.17) is 5.11 Å². The van der Waals surface area contributed by atoms with Crippen LogP contribution in [0.25, 0.3) is 0 Å². The third-order valence-electron chi connectivity index (χ3n) is 4.28. The van der Waals surface area contributed by atoms with Crippen molar-refractivity contribution in [1.29, 1.82) is 0 Å². The Bertz CT molecular complexity index is 542. The summed E-state index contributed by atoms with van der Waals surface area (Å²) in [6.45, 7) is 4.64. The van der Waals surface area contributed by atoms with Gasteiger partial charge in [-0.1, -0.05) is 19.8 Å². The van der Waals surface area contributed by atoms with Gasteiger partial charge in [-0.25, -0.2) is 9.59 Å². The Hall–Kier alpha value is -2.04. The molecule has 0 radical (unpaired) electrons. The first kappa shape index (κ1) is 15.4. The van der Waals surface area contributed by atoms with Gasteiger partial charge in [0.1, 0.15) is 0 Å². The van der Waals surface area contributed by atoms with E-state index in [1.807, 2.05) is 0 Å². The fraction of sp³-hybridized carbons (Fsp3) is 0.500. The molecule has 0 saturated heterocycles. The predicted molar refractivity (Wildman–Crippen MR) is 81.7 cm³/mol. The molecule has 0 bridgehead atoms. The number of anilines is 1. The molecule has 1 aromatic carbocycles. The third kappa shape index (κ3) is 3.97. The number of urea groups is 1. The number of carboxylic acids is 1. The summed E-state index contributed by atoms with van der Waals surface area (Å²) in [6, 6.07) is 4.54. The lowest BCUT2D eigenvalue weighted by Crippen LogP contribution is -2.33. The fourth-order valence-corrected chi connectivity index (χ4v) is 2.91. The molecule has 1 saturated carbocycles. The van der Waals surface area contributed by atoms with Crippen molar-refractivity contribution in [3.63, 3.8) is 0 Å². The molecule has 114 valence electrons. The maximum atomic E-state index is 11.9. The molecular formula is C16H22N2O3. The number of carboxylic acid groups (broad SMARTS) is 1. The van der Waals surface area contributed by atoms with Crippen molar-refractivity contribution in [3.8, 4) is 0 Å². The van der Waals surface area contributed by atoms with Crippen molar-refractivity contribution in [2.45, 2.75) is 33.1 Å². The zero-order valence-electron chi connectivity index (χ0n) is 12.5. The molecule has 2 unspecified atom stereocenters. The molecule has 1 aromatic rings. The fourth-order valence-electron chi connectivity index (χ4n) is 2.91. The topological polar surface area (TPSA) is 78.4 Å². The van der Waals surface area contributed by atoms with Crippen molar-refractivity contribution in [3.05, 3.63) is 29.3 Å². The van der Waals surface area contributed by atoms with Gasteiger partial charge < -0.3 is 15.7 Å². The van der Waals surface area contributed by atoms with E-state index in [0.717, 1.165) is 0 Å². The van der Waals surface area contributed by atoms with Crippen LogP contribution in [-0.4, -0.2) is 23.7 Å². The Morgan fingerprint density at radius 3 is 2.67 bits per heavy atom. The number of hydrogen-bond donors (Lipinski definition) is 3. The van der Waals surface area contributed by atoms with E-state index >= 15 is 0 Å². The van der Waals surface area contributed by atoms with Gasteiger partial charge in [0.15, 0.2) is 0 Å². The molecule has 0 aliphatic heterocycles. The first-order chi connectivity index (χ1) is 9.97. The van der Waals surface area contributed by atoms with Gasteiger partial charge in [0.25, 0.3) is 0 Å². The summed E-state index contributed by atoms with van der Waals surface area (Å²) in [7, 11) is 0. The van der Waals surface area contributed by atoms with E-state index in [0.29, 0.717) is 29.6 Å². The minimum absolute atomic E-state index is 0.239. The van der Waals surface area contributed by atoms with Crippen LogP contribution in [0.3, 0.4) is 0 Å². The molecule has 2 rings (SSSR count). The van der Waals surface area contributed by atoms with Crippen LogP contribution in [0, 0.1) is 18.8 Å². The Kier molecular flexibility index (Phi) is 4.83. The lowest BCUT2D eigenvalue weighted by molar-refractivity contribution is 0.0696. The van der Waals surface area contributed by atoms with Crippen molar-refractivity contribution in [2.75, 3.05) is 11.9 Å². The average molecular weight is 290 g/mol. The number of carbonyl (C=O) groups is 2. The lowest BCUT2D eigenvalue weighted by atomic mass is 9.98. The second kappa shape index (κ2) is 6.61. The number of carbonyl (C=O) groups excluding carboxylic acids is 1. The monoisotopic (exact) mass is 290 g/mol. The van der Waals surface area contributed by atoms with Crippen LogP contribution in [0.2, 0.25) is 0 Å².